The number of nitrogens with zero attached hydrogens (tertiary/aromatic N) is 2. The predicted octanol–water partition coefficient (Wildman–Crippen LogP) is 2.14. The van der Waals surface area contributed by atoms with Crippen LogP contribution in [0.15, 0.2) is 70.3 Å². The maximum atomic E-state index is 12.8. The van der Waals surface area contributed by atoms with Gasteiger partial charge in [-0.3, -0.25) is 14.2 Å². The zero-order chi connectivity index (χ0) is 19.4. The van der Waals surface area contributed by atoms with Crippen molar-refractivity contribution in [3.8, 4) is 11.1 Å². The van der Waals surface area contributed by atoms with Crippen LogP contribution in [0.2, 0.25) is 0 Å². The maximum absolute atomic E-state index is 12.8. The minimum absolute atomic E-state index is 0.0473. The molecule has 1 N–H and O–H groups in total. The summed E-state index contributed by atoms with van der Waals surface area (Å²) in [4.78, 5) is 36.8. The number of hydrogen-bond acceptors (Lipinski definition) is 5. The highest BCUT2D eigenvalue weighted by Crippen LogP contribution is 2.20. The number of aromatic nitrogens is 2. The Morgan fingerprint density at radius 3 is 2.26 bits per heavy atom. The van der Waals surface area contributed by atoms with Crippen LogP contribution in [0.1, 0.15) is 23.0 Å². The Labute approximate surface area is 154 Å². The lowest BCUT2D eigenvalue weighted by molar-refractivity contribution is 0.0682. The van der Waals surface area contributed by atoms with Crippen molar-refractivity contribution in [1.82, 2.24) is 9.30 Å². The van der Waals surface area contributed by atoms with Gasteiger partial charge in [0.05, 0.1) is 0 Å². The fourth-order valence-corrected chi connectivity index (χ4v) is 2.66. The van der Waals surface area contributed by atoms with Crippen molar-refractivity contribution >= 4 is 5.78 Å². The fraction of sp³-hybridized carbons (Fsp3) is 0.150. The minimum Gasteiger partial charge on any atom is -0.421 e. The maximum Gasteiger partial charge on any atom is 0.366 e. The van der Waals surface area contributed by atoms with Crippen LogP contribution in [0.4, 0.5) is 0 Å². The number of hydrogen-bond donors (Lipinski definition) is 1. The molecule has 1 aromatic heterocycles. The van der Waals surface area contributed by atoms with E-state index in [1.165, 1.54) is 0 Å². The van der Waals surface area contributed by atoms with Crippen LogP contribution in [0.3, 0.4) is 0 Å². The van der Waals surface area contributed by atoms with Gasteiger partial charge in [-0.2, -0.15) is 0 Å². The average Bonchev–Trinajstić information content (AvgIpc) is 2.71. The smallest absolute Gasteiger partial charge is 0.366 e. The molecule has 3 rings (SSSR count). The van der Waals surface area contributed by atoms with Crippen molar-refractivity contribution in [2.24, 2.45) is 0 Å². The molecule has 7 heteroatoms. The summed E-state index contributed by atoms with van der Waals surface area (Å²) in [5.41, 5.74) is 0.111. The quantitative estimate of drug-likeness (QED) is 0.533. The molecular weight excluding hydrogens is 348 g/mol. The molecule has 27 heavy (non-hydrogen) atoms. The van der Waals surface area contributed by atoms with Gasteiger partial charge in [0.2, 0.25) is 5.78 Å². The first-order valence-electron chi connectivity index (χ1n) is 8.37. The molecule has 1 heterocycles. The second-order valence-corrected chi connectivity index (χ2v) is 5.78. The Morgan fingerprint density at radius 1 is 1.00 bits per heavy atom. The molecule has 7 nitrogen and oxygen atoms in total. The van der Waals surface area contributed by atoms with Crippen LogP contribution in [0.5, 0.6) is 0 Å². The summed E-state index contributed by atoms with van der Waals surface area (Å²) in [6.45, 7) is 1.78. The molecule has 138 valence electrons. The molecule has 0 radical (unpaired) electrons. The number of ether oxygens (including phenoxy) is 1. The summed E-state index contributed by atoms with van der Waals surface area (Å²) in [6, 6.07) is 17.4. The van der Waals surface area contributed by atoms with Crippen LogP contribution in [0.25, 0.3) is 11.1 Å². The Morgan fingerprint density at radius 2 is 1.63 bits per heavy atom. The molecule has 0 bridgehead atoms. The molecule has 3 aromatic rings. The molecule has 0 aliphatic rings. The zero-order valence-electron chi connectivity index (χ0n) is 14.7. The highest BCUT2D eigenvalue weighted by molar-refractivity contribution is 6.08. The van der Waals surface area contributed by atoms with Crippen LogP contribution in [-0.4, -0.2) is 26.9 Å². The molecular formula is C20H18N2O5. The molecule has 2 aromatic carbocycles. The van der Waals surface area contributed by atoms with Crippen molar-refractivity contribution in [2.75, 3.05) is 6.61 Å². The standard InChI is InChI=1S/C20H18N2O5/c1-2-27-13-21-17(12-18(23)22(26)20(21)25)19(24)16-10-8-15(9-11-16)14-6-4-3-5-7-14/h3-12,26H,2,13H2,1H3. The number of benzene rings is 2. The summed E-state index contributed by atoms with van der Waals surface area (Å²) < 4.78 is 6.06. The number of ketones is 1. The first-order valence-corrected chi connectivity index (χ1v) is 8.37. The highest BCUT2D eigenvalue weighted by Gasteiger charge is 2.18. The van der Waals surface area contributed by atoms with E-state index in [1.54, 1.807) is 31.2 Å². The third kappa shape index (κ3) is 3.73. The second-order valence-electron chi connectivity index (χ2n) is 5.78. The first-order chi connectivity index (χ1) is 13.0. The summed E-state index contributed by atoms with van der Waals surface area (Å²) in [7, 11) is 0. The van der Waals surface area contributed by atoms with Crippen molar-refractivity contribution in [2.45, 2.75) is 13.7 Å². The monoisotopic (exact) mass is 366 g/mol. The lowest BCUT2D eigenvalue weighted by atomic mass is 10.0. The Balaban J connectivity index is 2.00. The molecule has 0 fully saturated rings. The fourth-order valence-electron chi connectivity index (χ4n) is 2.66. The van der Waals surface area contributed by atoms with E-state index in [1.807, 2.05) is 30.3 Å². The average molecular weight is 366 g/mol. The van der Waals surface area contributed by atoms with Gasteiger partial charge >= 0.3 is 5.69 Å². The Hall–Kier alpha value is -3.45. The van der Waals surface area contributed by atoms with Gasteiger partial charge in [-0.15, -0.1) is 0 Å². The van der Waals surface area contributed by atoms with Gasteiger partial charge in [0, 0.05) is 18.2 Å². The molecule has 0 spiro atoms. The molecule has 0 saturated carbocycles. The topological polar surface area (TPSA) is 90.5 Å². The normalized spacial score (nSPS) is 10.7. The van der Waals surface area contributed by atoms with Crippen LogP contribution < -0.4 is 11.2 Å². The molecule has 0 amide bonds. The van der Waals surface area contributed by atoms with Crippen LogP contribution in [-0.2, 0) is 11.5 Å². The van der Waals surface area contributed by atoms with E-state index in [2.05, 4.69) is 0 Å². The first kappa shape index (κ1) is 18.3. The van der Waals surface area contributed by atoms with Gasteiger partial charge in [-0.25, -0.2) is 4.79 Å². The van der Waals surface area contributed by atoms with E-state index in [9.17, 15) is 19.6 Å². The molecule has 0 aliphatic heterocycles. The summed E-state index contributed by atoms with van der Waals surface area (Å²) in [5.74, 6) is -0.510. The third-order valence-corrected chi connectivity index (χ3v) is 4.08. The van der Waals surface area contributed by atoms with Gasteiger partial charge < -0.3 is 9.94 Å². The SMILES string of the molecule is CCOCn1c(C(=O)c2ccc(-c3ccccc3)cc2)cc(=O)n(O)c1=O. The summed E-state index contributed by atoms with van der Waals surface area (Å²) in [5, 5.41) is 9.53. The van der Waals surface area contributed by atoms with Crippen LogP contribution in [0, 0.1) is 0 Å². The van der Waals surface area contributed by atoms with E-state index in [-0.39, 0.29) is 17.2 Å². The number of carbonyl (C=O) groups excluding carboxylic acids is 1. The van der Waals surface area contributed by atoms with Crippen LogP contribution >= 0.6 is 0 Å². The predicted molar refractivity (Wildman–Crippen MR) is 99.1 cm³/mol. The molecule has 0 atom stereocenters. The summed E-state index contributed by atoms with van der Waals surface area (Å²) in [6.07, 6.45) is 0. The minimum atomic E-state index is -1.03. The Bertz CT molecular complexity index is 1070. The van der Waals surface area contributed by atoms with Gasteiger partial charge in [0.15, 0.2) is 0 Å². The number of rotatable bonds is 6. The molecule has 0 aliphatic carbocycles. The third-order valence-electron chi connectivity index (χ3n) is 4.08. The van der Waals surface area contributed by atoms with E-state index < -0.39 is 17.0 Å². The summed E-state index contributed by atoms with van der Waals surface area (Å²) >= 11 is 0. The van der Waals surface area contributed by atoms with Crippen molar-refractivity contribution in [3.63, 3.8) is 0 Å². The lowest BCUT2D eigenvalue weighted by Gasteiger charge is -2.12. The zero-order valence-corrected chi connectivity index (χ0v) is 14.7. The van der Waals surface area contributed by atoms with Crippen molar-refractivity contribution in [3.05, 3.63) is 92.8 Å². The van der Waals surface area contributed by atoms with Gasteiger partial charge in [-0.1, -0.05) is 59.3 Å². The largest absolute Gasteiger partial charge is 0.421 e. The molecule has 0 saturated heterocycles. The Kier molecular flexibility index (Phi) is 5.33. The van der Waals surface area contributed by atoms with E-state index in [0.29, 0.717) is 12.2 Å². The van der Waals surface area contributed by atoms with Gasteiger partial charge in [0.25, 0.3) is 5.56 Å². The van der Waals surface area contributed by atoms with E-state index in [4.69, 9.17) is 4.74 Å². The van der Waals surface area contributed by atoms with Crippen molar-refractivity contribution < 1.29 is 14.7 Å². The van der Waals surface area contributed by atoms with Gasteiger partial charge in [0.1, 0.15) is 12.4 Å². The lowest BCUT2D eigenvalue weighted by Crippen LogP contribution is -2.41. The van der Waals surface area contributed by atoms with Crippen molar-refractivity contribution in [1.29, 1.82) is 0 Å². The number of carbonyl (C=O) groups is 1. The van der Waals surface area contributed by atoms with E-state index >= 15 is 0 Å². The van der Waals surface area contributed by atoms with E-state index in [0.717, 1.165) is 21.8 Å². The molecule has 0 unspecified atom stereocenters. The van der Waals surface area contributed by atoms with Gasteiger partial charge in [-0.05, 0) is 18.1 Å². The second kappa shape index (κ2) is 7.84. The highest BCUT2D eigenvalue weighted by atomic mass is 16.5.